The summed E-state index contributed by atoms with van der Waals surface area (Å²) in [7, 11) is -2.44. The Morgan fingerprint density at radius 1 is 1.63 bits per heavy atom. The summed E-state index contributed by atoms with van der Waals surface area (Å²) >= 11 is 1.06. The summed E-state index contributed by atoms with van der Waals surface area (Å²) in [6.07, 6.45) is 2.01. The van der Waals surface area contributed by atoms with Crippen LogP contribution in [0.5, 0.6) is 0 Å². The number of carbonyl (C=O) groups is 1. The van der Waals surface area contributed by atoms with Gasteiger partial charge in [-0.15, -0.1) is 11.3 Å². The highest BCUT2D eigenvalue weighted by atomic mass is 32.2. The van der Waals surface area contributed by atoms with Crippen molar-refractivity contribution >= 4 is 27.3 Å². The van der Waals surface area contributed by atoms with Crippen molar-refractivity contribution < 1.29 is 17.9 Å². The predicted octanol–water partition coefficient (Wildman–Crippen LogP) is 0.565. The van der Waals surface area contributed by atoms with E-state index in [9.17, 15) is 13.2 Å². The van der Waals surface area contributed by atoms with E-state index in [0.717, 1.165) is 30.7 Å². The molecule has 1 saturated heterocycles. The van der Waals surface area contributed by atoms with Crippen LogP contribution in [0.15, 0.2) is 16.3 Å². The minimum Gasteiger partial charge on any atom is -0.465 e. The number of rotatable bonds is 5. The van der Waals surface area contributed by atoms with Crippen molar-refractivity contribution in [2.24, 2.45) is 0 Å². The lowest BCUT2D eigenvalue weighted by molar-refractivity contribution is 0.0602. The molecule has 1 atom stereocenters. The maximum absolute atomic E-state index is 12.2. The molecule has 0 amide bonds. The van der Waals surface area contributed by atoms with Gasteiger partial charge in [0.05, 0.1) is 7.11 Å². The van der Waals surface area contributed by atoms with Gasteiger partial charge in [0.2, 0.25) is 10.0 Å². The van der Waals surface area contributed by atoms with Crippen LogP contribution in [0.25, 0.3) is 0 Å². The van der Waals surface area contributed by atoms with Crippen LogP contribution in [0.2, 0.25) is 0 Å². The molecule has 2 N–H and O–H groups in total. The van der Waals surface area contributed by atoms with Gasteiger partial charge in [-0.3, -0.25) is 0 Å². The van der Waals surface area contributed by atoms with Crippen LogP contribution in [-0.2, 0) is 14.8 Å². The number of esters is 1. The highest BCUT2D eigenvalue weighted by Gasteiger charge is 2.25. The van der Waals surface area contributed by atoms with E-state index >= 15 is 0 Å². The minimum atomic E-state index is -3.67. The smallest absolute Gasteiger partial charge is 0.349 e. The summed E-state index contributed by atoms with van der Waals surface area (Å²) in [4.78, 5) is 11.6. The summed E-state index contributed by atoms with van der Waals surface area (Å²) in [5.41, 5.74) is 0. The van der Waals surface area contributed by atoms with E-state index in [0.29, 0.717) is 6.54 Å². The molecule has 0 aromatic carbocycles. The van der Waals surface area contributed by atoms with Crippen molar-refractivity contribution in [2.45, 2.75) is 23.8 Å². The lowest BCUT2D eigenvalue weighted by Crippen LogP contribution is -2.37. The van der Waals surface area contributed by atoms with E-state index in [4.69, 9.17) is 0 Å². The van der Waals surface area contributed by atoms with Gasteiger partial charge < -0.3 is 10.1 Å². The van der Waals surface area contributed by atoms with Crippen molar-refractivity contribution in [3.8, 4) is 0 Å². The van der Waals surface area contributed by atoms with E-state index in [1.165, 1.54) is 13.2 Å². The first-order valence-corrected chi connectivity index (χ1v) is 8.30. The first-order valence-electron chi connectivity index (χ1n) is 5.93. The third-order valence-corrected chi connectivity index (χ3v) is 5.46. The molecular formula is C11H16N2O4S2. The van der Waals surface area contributed by atoms with E-state index in [1.807, 2.05) is 0 Å². The normalized spacial score (nSPS) is 19.5. The second-order valence-electron chi connectivity index (χ2n) is 4.25. The largest absolute Gasteiger partial charge is 0.465 e. The van der Waals surface area contributed by atoms with E-state index in [1.54, 1.807) is 5.38 Å². The molecule has 6 nitrogen and oxygen atoms in total. The first kappa shape index (κ1) is 14.4. The second-order valence-corrected chi connectivity index (χ2v) is 6.90. The van der Waals surface area contributed by atoms with Gasteiger partial charge in [-0.1, -0.05) is 0 Å². The number of methoxy groups -OCH3 is 1. The number of sulfonamides is 1. The lowest BCUT2D eigenvalue weighted by Gasteiger charge is -2.12. The molecule has 1 aliphatic heterocycles. The standard InChI is InChI=1S/C11H16N2O4S2/c1-17-11(14)10-9(4-6-18-10)19(15,16)13-7-8-3-2-5-12-8/h4,6,8,12-13H,2-3,5,7H2,1H3. The summed E-state index contributed by atoms with van der Waals surface area (Å²) in [6, 6.07) is 1.58. The number of ether oxygens (including phenoxy) is 1. The Morgan fingerprint density at radius 2 is 2.42 bits per heavy atom. The molecule has 0 aliphatic carbocycles. The van der Waals surface area contributed by atoms with Gasteiger partial charge in [-0.05, 0) is 30.8 Å². The molecule has 2 rings (SSSR count). The number of hydrogen-bond donors (Lipinski definition) is 2. The predicted molar refractivity (Wildman–Crippen MR) is 71.9 cm³/mol. The third kappa shape index (κ3) is 3.33. The molecule has 0 saturated carbocycles. The van der Waals surface area contributed by atoms with Crippen LogP contribution >= 0.6 is 11.3 Å². The maximum Gasteiger partial charge on any atom is 0.349 e. The fraction of sp³-hybridized carbons (Fsp3) is 0.545. The summed E-state index contributed by atoms with van der Waals surface area (Å²) in [5.74, 6) is -0.630. The Balaban J connectivity index is 2.10. The summed E-state index contributed by atoms with van der Waals surface area (Å²) in [6.45, 7) is 1.25. The molecule has 1 aliphatic rings. The van der Waals surface area contributed by atoms with Crippen molar-refractivity contribution in [1.82, 2.24) is 10.0 Å². The Labute approximate surface area is 116 Å². The number of thiophene rings is 1. The highest BCUT2D eigenvalue weighted by Crippen LogP contribution is 2.22. The summed E-state index contributed by atoms with van der Waals surface area (Å²) < 4.78 is 31.4. The van der Waals surface area contributed by atoms with Crippen molar-refractivity contribution in [3.05, 3.63) is 16.3 Å². The van der Waals surface area contributed by atoms with Gasteiger partial charge >= 0.3 is 5.97 Å². The van der Waals surface area contributed by atoms with Crippen LogP contribution in [0.3, 0.4) is 0 Å². The molecule has 19 heavy (non-hydrogen) atoms. The highest BCUT2D eigenvalue weighted by molar-refractivity contribution is 7.89. The van der Waals surface area contributed by atoms with Gasteiger partial charge in [0.25, 0.3) is 0 Å². The fourth-order valence-electron chi connectivity index (χ4n) is 1.97. The molecule has 1 aromatic rings. The molecule has 0 spiro atoms. The van der Waals surface area contributed by atoms with E-state index < -0.39 is 16.0 Å². The van der Waals surface area contributed by atoms with Gasteiger partial charge in [-0.2, -0.15) is 0 Å². The van der Waals surface area contributed by atoms with Crippen molar-refractivity contribution in [2.75, 3.05) is 20.2 Å². The van der Waals surface area contributed by atoms with Gasteiger partial charge in [0.15, 0.2) is 0 Å². The molecule has 106 valence electrons. The quantitative estimate of drug-likeness (QED) is 0.777. The van der Waals surface area contributed by atoms with Crippen LogP contribution in [-0.4, -0.2) is 40.6 Å². The molecule has 0 radical (unpaired) electrons. The van der Waals surface area contributed by atoms with Crippen LogP contribution in [0, 0.1) is 0 Å². The summed E-state index contributed by atoms with van der Waals surface area (Å²) in [5, 5.41) is 4.77. The fourth-order valence-corrected chi connectivity index (χ4v) is 4.38. The maximum atomic E-state index is 12.2. The molecule has 1 aromatic heterocycles. The Bertz CT molecular complexity index is 547. The second kappa shape index (κ2) is 6.00. The first-order chi connectivity index (χ1) is 9.04. The zero-order valence-corrected chi connectivity index (χ0v) is 12.1. The molecule has 8 heteroatoms. The van der Waals surface area contributed by atoms with E-state index in [-0.39, 0.29) is 15.8 Å². The Kier molecular flexibility index (Phi) is 4.56. The molecule has 1 unspecified atom stereocenters. The third-order valence-electron chi connectivity index (χ3n) is 2.97. The van der Waals surface area contributed by atoms with Gasteiger partial charge in [0.1, 0.15) is 9.77 Å². The average molecular weight is 304 g/mol. The topological polar surface area (TPSA) is 84.5 Å². The zero-order chi connectivity index (χ0) is 13.9. The SMILES string of the molecule is COC(=O)c1sccc1S(=O)(=O)NCC1CCCN1. The van der Waals surface area contributed by atoms with E-state index in [2.05, 4.69) is 14.8 Å². The van der Waals surface area contributed by atoms with Crippen LogP contribution < -0.4 is 10.0 Å². The van der Waals surface area contributed by atoms with Crippen LogP contribution in [0.4, 0.5) is 0 Å². The molecule has 0 bridgehead atoms. The number of hydrogen-bond acceptors (Lipinski definition) is 6. The molecular weight excluding hydrogens is 288 g/mol. The zero-order valence-electron chi connectivity index (χ0n) is 10.5. The molecule has 2 heterocycles. The Hall–Kier alpha value is -0.960. The average Bonchev–Trinajstić information content (AvgIpc) is 3.06. The van der Waals surface area contributed by atoms with Gasteiger partial charge in [-0.25, -0.2) is 17.9 Å². The number of carbonyl (C=O) groups excluding carboxylic acids is 1. The minimum absolute atomic E-state index is 0.0117. The Morgan fingerprint density at radius 3 is 3.05 bits per heavy atom. The monoisotopic (exact) mass is 304 g/mol. The molecule has 1 fully saturated rings. The van der Waals surface area contributed by atoms with Crippen molar-refractivity contribution in [1.29, 1.82) is 0 Å². The lowest BCUT2D eigenvalue weighted by atomic mass is 10.2. The number of nitrogens with one attached hydrogen (secondary N) is 2. The van der Waals surface area contributed by atoms with Crippen LogP contribution in [0.1, 0.15) is 22.5 Å². The van der Waals surface area contributed by atoms with Gasteiger partial charge in [0, 0.05) is 12.6 Å². The van der Waals surface area contributed by atoms with Crippen molar-refractivity contribution in [3.63, 3.8) is 0 Å².